The Morgan fingerprint density at radius 2 is 0.987 bits per heavy atom. The van der Waals surface area contributed by atoms with Crippen molar-refractivity contribution < 1.29 is 47.6 Å². The lowest BCUT2D eigenvalue weighted by molar-refractivity contribution is -0.143. The molecule has 426 valence electrons. The van der Waals surface area contributed by atoms with Gasteiger partial charge in [-0.25, -0.2) is 0 Å². The smallest absolute Gasteiger partial charge is 0.316 e. The third-order valence-electron chi connectivity index (χ3n) is 8.17. The molecule has 3 aromatic rings. The molecule has 35 heteroatoms. The van der Waals surface area contributed by atoms with Gasteiger partial charge >= 0.3 is 23.9 Å². The minimum absolute atomic E-state index is 0.0699. The van der Waals surface area contributed by atoms with Gasteiger partial charge in [0.1, 0.15) is 37.9 Å². The van der Waals surface area contributed by atoms with Gasteiger partial charge in [-0.15, -0.1) is 105 Å². The van der Waals surface area contributed by atoms with Gasteiger partial charge in [0.05, 0.1) is 27.4 Å². The van der Waals surface area contributed by atoms with E-state index >= 15 is 0 Å². The second kappa shape index (κ2) is 52.8. The molecule has 0 radical (unpaired) electrons. The molecule has 0 aliphatic heterocycles. The molecule has 0 N–H and O–H groups in total. The topological polar surface area (TPSA) is 124 Å². The summed E-state index contributed by atoms with van der Waals surface area (Å²) in [5, 5.41) is 0.0699. The number of carbonyl (C=O) groups is 4. The molecule has 0 aliphatic carbocycles. The van der Waals surface area contributed by atoms with Crippen LogP contribution in [0.5, 0.6) is 0 Å². The van der Waals surface area contributed by atoms with E-state index in [0.29, 0.717) is 61.1 Å². The molecule has 0 spiro atoms. The van der Waals surface area contributed by atoms with Gasteiger partial charge in [0, 0.05) is 41.9 Å². The lowest BCUT2D eigenvalue weighted by atomic mass is 10.1. The van der Waals surface area contributed by atoms with Crippen LogP contribution in [-0.2, 0) is 47.6 Å². The Labute approximate surface area is 520 Å². The van der Waals surface area contributed by atoms with Gasteiger partial charge in [-0.1, -0.05) is 167 Å². The summed E-state index contributed by atoms with van der Waals surface area (Å²) < 4.78 is 31.7. The van der Waals surface area contributed by atoms with E-state index in [9.17, 15) is 19.2 Å². The van der Waals surface area contributed by atoms with Gasteiger partial charge in [-0.2, -0.15) is 18.2 Å². The predicted octanol–water partition coefficient (Wildman–Crippen LogP) is 16.0. The normalized spacial score (nSPS) is 11.8. The molecule has 0 aromatic heterocycles. The SMILES string of the molecule is COCCOC(=O)CSSCCOC(=O)CCC(SC(=S)c1ccccc1)c1ccccc1.COCCOC(=O)CSSCCOC(=O)CSC(=S)c1ccccc1.PB(P)C(P)(P)P.PPP(P)P(P(P)P)P(P)P. The predicted molar refractivity (Wildman–Crippen MR) is 403 cm³/mol. The maximum absolute atomic E-state index is 12.3. The summed E-state index contributed by atoms with van der Waals surface area (Å²) in [6.07, 6.45) is 1.47. The fraction of sp³-hybridized carbons (Fsp3) is 0.415. The van der Waals surface area contributed by atoms with Gasteiger partial charge in [0.25, 0.3) is 0 Å². The molecule has 14 unspecified atom stereocenters. The molecule has 0 amide bonds. The highest BCUT2D eigenvalue weighted by molar-refractivity contribution is 9.18. The first-order valence-electron chi connectivity index (χ1n) is 22.1. The Balaban J connectivity index is 0.00000114. The Kier molecular flexibility index (Phi) is 56.0. The summed E-state index contributed by atoms with van der Waals surface area (Å²) in [6.45, 7) is 2.68. The van der Waals surface area contributed by atoms with E-state index in [1.165, 1.54) is 54.9 Å². The van der Waals surface area contributed by atoms with Crippen LogP contribution in [0.3, 0.4) is 0 Å². The minimum atomic E-state index is -0.298. The monoisotopic (exact) mass is 1490 g/mol. The minimum Gasteiger partial charge on any atom is -0.465 e. The van der Waals surface area contributed by atoms with Crippen LogP contribution in [0.25, 0.3) is 0 Å². The molecule has 76 heavy (non-hydrogen) atoms. The molecule has 0 heterocycles. The van der Waals surface area contributed by atoms with Gasteiger partial charge in [-0.05, 0) is 51.1 Å². The van der Waals surface area contributed by atoms with Crippen LogP contribution in [0.4, 0.5) is 0 Å². The number of thioether (sulfide) groups is 2. The van der Waals surface area contributed by atoms with Crippen molar-refractivity contribution >= 4 is 265 Å². The standard InChI is InChI=1S/C24H28O5S4.C16H20O5S4.CH10BP5.H13P11/c1-27-14-15-28-23(26)18-32-31-17-16-29-22(25)13-12-21(19-8-4-2-5-9-19)33-24(30)20-10-6-3-7-11-20;1-19-7-8-20-15(18)12-25-24-10-9-21-14(17)11-23-16(22)13-5-3-2-4-6-13;3-1(4,5)2(6)7;1-7-10(6)11(8(2)3)9(4)5/h2-11,21H,12-18H2,1H3;2-6H,7-12H2,1H3;3-7H2;7H,1-6H2. The fourth-order valence-corrected chi connectivity index (χ4v) is 105. The van der Waals surface area contributed by atoms with Crippen LogP contribution in [0.15, 0.2) is 91.0 Å². The summed E-state index contributed by atoms with van der Waals surface area (Å²) in [4.78, 5) is 46.7. The number of ether oxygens (including phenoxy) is 6. The van der Waals surface area contributed by atoms with E-state index in [4.69, 9.17) is 52.9 Å². The van der Waals surface area contributed by atoms with Gasteiger partial charge in [-0.3, -0.25) is 19.2 Å². The molecule has 0 bridgehead atoms. The Hall–Kier alpha value is 4.68. The summed E-state index contributed by atoms with van der Waals surface area (Å²) in [6, 6.07) is 29.5. The van der Waals surface area contributed by atoms with E-state index in [1.807, 2.05) is 78.9 Å². The van der Waals surface area contributed by atoms with Crippen LogP contribution < -0.4 is 0 Å². The van der Waals surface area contributed by atoms with Crippen molar-refractivity contribution in [1.29, 1.82) is 0 Å². The average molecular weight is 1490 g/mol. The number of hydrogen-bond acceptors (Lipinski definition) is 18. The highest BCUT2D eigenvalue weighted by Gasteiger charge is 2.23. The van der Waals surface area contributed by atoms with Crippen LogP contribution in [0.2, 0.25) is 0 Å². The fourth-order valence-electron chi connectivity index (χ4n) is 4.51. The molecule has 0 saturated carbocycles. The Morgan fingerprint density at radius 1 is 0.592 bits per heavy atom. The number of benzene rings is 3. The number of rotatable bonds is 32. The molecule has 3 rings (SSSR count). The number of esters is 4. The van der Waals surface area contributed by atoms with E-state index in [0.717, 1.165) is 28.8 Å². The first-order valence-corrected chi connectivity index (χ1v) is 52.0. The first kappa shape index (κ1) is 80.7. The molecule has 0 fully saturated rings. The van der Waals surface area contributed by atoms with E-state index < -0.39 is 0 Å². The van der Waals surface area contributed by atoms with Crippen LogP contribution in [0.1, 0.15) is 34.8 Å². The quantitative estimate of drug-likeness (QED) is 0.0112. The lowest BCUT2D eigenvalue weighted by Crippen LogP contribution is -2.13. The van der Waals surface area contributed by atoms with Crippen molar-refractivity contribution in [3.8, 4) is 0 Å². The summed E-state index contributed by atoms with van der Waals surface area (Å²) >= 11 is 13.8. The Bertz CT molecular complexity index is 2040. The van der Waals surface area contributed by atoms with Crippen molar-refractivity contribution in [2.45, 2.75) is 22.6 Å². The summed E-state index contributed by atoms with van der Waals surface area (Å²) in [5.41, 5.74) is 3.08. The number of carbonyl (C=O) groups excluding carboxylic acids is 4. The average Bonchev–Trinajstić information content (AvgIpc) is 3.39. The number of methoxy groups -OCH3 is 2. The van der Waals surface area contributed by atoms with Gasteiger partial charge < -0.3 is 28.4 Å². The molecule has 3 aromatic carbocycles. The largest absolute Gasteiger partial charge is 0.465 e. The van der Waals surface area contributed by atoms with Crippen molar-refractivity contribution in [3.63, 3.8) is 0 Å². The Morgan fingerprint density at radius 3 is 1.38 bits per heavy atom. The molecule has 0 aliphatic rings. The lowest BCUT2D eigenvalue weighted by Gasteiger charge is -2.29. The van der Waals surface area contributed by atoms with Gasteiger partial charge in [0.15, 0.2) is 0 Å². The van der Waals surface area contributed by atoms with E-state index in [1.54, 1.807) is 26.0 Å². The first-order chi connectivity index (χ1) is 36.2. The van der Waals surface area contributed by atoms with Crippen molar-refractivity contribution in [3.05, 3.63) is 108 Å². The third kappa shape index (κ3) is 45.0. The zero-order chi connectivity index (χ0) is 57.2. The zero-order valence-corrected chi connectivity index (χ0v) is 65.8. The van der Waals surface area contributed by atoms with E-state index in [-0.39, 0.29) is 92.1 Å². The van der Waals surface area contributed by atoms with Crippen molar-refractivity contribution in [2.75, 3.05) is 82.6 Å². The summed E-state index contributed by atoms with van der Waals surface area (Å²) in [7, 11) is 41.3. The molecule has 0 saturated heterocycles. The second-order valence-corrected chi connectivity index (χ2v) is 69.2. The van der Waals surface area contributed by atoms with Crippen LogP contribution >= 0.6 is 227 Å². The molecular formula is C41H71BO10P16S8. The van der Waals surface area contributed by atoms with Gasteiger partial charge in [0.2, 0.25) is 6.15 Å². The van der Waals surface area contributed by atoms with Crippen molar-refractivity contribution in [1.82, 2.24) is 0 Å². The highest BCUT2D eigenvalue weighted by atomic mass is 33.2. The maximum Gasteiger partial charge on any atom is 0.316 e. The number of thiocarbonyl (C=S) groups is 2. The van der Waals surface area contributed by atoms with Crippen LogP contribution in [0, 0.1) is 0 Å². The molecule has 10 nitrogen and oxygen atoms in total. The number of hydrogen-bond donors (Lipinski definition) is 0. The highest BCUT2D eigenvalue weighted by Crippen LogP contribution is 3.12. The zero-order valence-electron chi connectivity index (χ0n) is 42.0. The second-order valence-electron chi connectivity index (χ2n) is 14.2. The molecular weight excluding hydrogens is 1420 g/mol. The maximum atomic E-state index is 12.3. The van der Waals surface area contributed by atoms with Crippen molar-refractivity contribution in [2.24, 2.45) is 0 Å². The summed E-state index contributed by atoms with van der Waals surface area (Å²) in [5.74, 6) is 0.823. The van der Waals surface area contributed by atoms with Crippen LogP contribution in [-0.4, -0.2) is 126 Å². The molecule has 14 atom stereocenters. The third-order valence-corrected chi connectivity index (χ3v) is 79.5. The van der Waals surface area contributed by atoms with E-state index in [2.05, 4.69) is 112 Å².